The molecule has 0 aliphatic carbocycles. The molecule has 4 heteroatoms. The number of methoxy groups -OCH3 is 1. The summed E-state index contributed by atoms with van der Waals surface area (Å²) in [5.74, 6) is -0.0908. The van der Waals surface area contributed by atoms with Crippen LogP contribution < -0.4 is 10.1 Å². The Morgan fingerprint density at radius 1 is 1.21 bits per heavy atom. The minimum atomic E-state index is -0.340. The van der Waals surface area contributed by atoms with Crippen molar-refractivity contribution in [2.75, 3.05) is 14.2 Å². The van der Waals surface area contributed by atoms with E-state index >= 15 is 0 Å². The van der Waals surface area contributed by atoms with E-state index in [1.807, 2.05) is 19.1 Å². The van der Waals surface area contributed by atoms with E-state index in [2.05, 4.69) is 10.3 Å². The Morgan fingerprint density at radius 3 is 2.58 bits per heavy atom. The largest absolute Gasteiger partial charge is 0.494 e. The number of aromatic nitrogens is 1. The maximum Gasteiger partial charge on any atom is 0.170 e. The third kappa shape index (κ3) is 2.58. The Bertz CT molecular complexity index is 572. The number of hydrogen-bond donors (Lipinski definition) is 1. The zero-order valence-electron chi connectivity index (χ0n) is 11.3. The van der Waals surface area contributed by atoms with Crippen LogP contribution in [-0.2, 0) is 0 Å². The topological polar surface area (TPSA) is 34.2 Å². The van der Waals surface area contributed by atoms with Gasteiger partial charge in [0, 0.05) is 17.5 Å². The van der Waals surface area contributed by atoms with Crippen molar-refractivity contribution < 1.29 is 9.13 Å². The van der Waals surface area contributed by atoms with Gasteiger partial charge in [-0.15, -0.1) is 0 Å². The Balaban J connectivity index is 2.52. The van der Waals surface area contributed by atoms with Gasteiger partial charge in [-0.05, 0) is 31.7 Å². The van der Waals surface area contributed by atoms with E-state index in [4.69, 9.17) is 4.74 Å². The summed E-state index contributed by atoms with van der Waals surface area (Å²) in [5, 5.41) is 3.13. The quantitative estimate of drug-likeness (QED) is 0.918. The molecule has 0 saturated carbocycles. The second-order valence-corrected chi connectivity index (χ2v) is 4.26. The van der Waals surface area contributed by atoms with Gasteiger partial charge < -0.3 is 10.1 Å². The van der Waals surface area contributed by atoms with Gasteiger partial charge in [-0.25, -0.2) is 4.39 Å². The standard InChI is InChI=1S/C15H17FN2O/c1-10-11(7-5-9-18-10)15(17-2)12-6-4-8-13(19-3)14(12)16/h4-9,15,17H,1-3H3. The lowest BCUT2D eigenvalue weighted by molar-refractivity contribution is 0.382. The first-order chi connectivity index (χ1) is 9.19. The van der Waals surface area contributed by atoms with Crippen LogP contribution in [0.25, 0.3) is 0 Å². The second-order valence-electron chi connectivity index (χ2n) is 4.26. The van der Waals surface area contributed by atoms with Gasteiger partial charge in [0.2, 0.25) is 0 Å². The maximum atomic E-state index is 14.3. The molecule has 1 aromatic heterocycles. The molecule has 0 fully saturated rings. The fraction of sp³-hybridized carbons (Fsp3) is 0.267. The summed E-state index contributed by atoms with van der Waals surface area (Å²) in [6, 6.07) is 8.71. The van der Waals surface area contributed by atoms with Gasteiger partial charge in [0.15, 0.2) is 11.6 Å². The average molecular weight is 260 g/mol. The second kappa shape index (κ2) is 5.80. The van der Waals surface area contributed by atoms with Crippen molar-refractivity contribution in [2.45, 2.75) is 13.0 Å². The van der Waals surface area contributed by atoms with E-state index in [-0.39, 0.29) is 17.6 Å². The van der Waals surface area contributed by atoms with Gasteiger partial charge in [0.1, 0.15) is 0 Å². The molecule has 2 rings (SSSR count). The first-order valence-electron chi connectivity index (χ1n) is 6.10. The number of nitrogens with one attached hydrogen (secondary N) is 1. The van der Waals surface area contributed by atoms with Crippen LogP contribution in [0, 0.1) is 12.7 Å². The van der Waals surface area contributed by atoms with Crippen LogP contribution in [0.15, 0.2) is 36.5 Å². The number of halogens is 1. The van der Waals surface area contributed by atoms with E-state index in [1.165, 1.54) is 7.11 Å². The highest BCUT2D eigenvalue weighted by molar-refractivity contribution is 5.39. The molecule has 1 aromatic carbocycles. The number of ether oxygens (including phenoxy) is 1. The Morgan fingerprint density at radius 2 is 1.95 bits per heavy atom. The van der Waals surface area contributed by atoms with Crippen LogP contribution in [0.4, 0.5) is 4.39 Å². The van der Waals surface area contributed by atoms with Crippen molar-refractivity contribution in [3.63, 3.8) is 0 Å². The predicted octanol–water partition coefficient (Wildman–Crippen LogP) is 2.85. The monoisotopic (exact) mass is 260 g/mol. The Kier molecular flexibility index (Phi) is 4.12. The summed E-state index contributed by atoms with van der Waals surface area (Å²) in [7, 11) is 3.27. The molecule has 3 nitrogen and oxygen atoms in total. The molecule has 0 aliphatic rings. The van der Waals surface area contributed by atoms with E-state index in [0.29, 0.717) is 5.56 Å². The number of nitrogens with zero attached hydrogens (tertiary/aromatic N) is 1. The minimum Gasteiger partial charge on any atom is -0.494 e. The van der Waals surface area contributed by atoms with Gasteiger partial charge in [0.05, 0.1) is 13.2 Å². The molecule has 0 amide bonds. The summed E-state index contributed by atoms with van der Waals surface area (Å²) in [6.45, 7) is 1.91. The minimum absolute atomic E-state index is 0.246. The van der Waals surface area contributed by atoms with Crippen LogP contribution in [0.2, 0.25) is 0 Å². The molecule has 1 heterocycles. The first-order valence-corrected chi connectivity index (χ1v) is 6.10. The zero-order valence-corrected chi connectivity index (χ0v) is 11.3. The fourth-order valence-electron chi connectivity index (χ4n) is 2.19. The lowest BCUT2D eigenvalue weighted by atomic mass is 9.97. The maximum absolute atomic E-state index is 14.3. The van der Waals surface area contributed by atoms with E-state index < -0.39 is 0 Å². The van der Waals surface area contributed by atoms with Crippen molar-refractivity contribution in [2.24, 2.45) is 0 Å². The molecular formula is C15H17FN2O. The van der Waals surface area contributed by atoms with E-state index in [9.17, 15) is 4.39 Å². The Hall–Kier alpha value is -1.94. The number of benzene rings is 1. The summed E-state index contributed by atoms with van der Waals surface area (Å²) in [6.07, 6.45) is 1.73. The zero-order chi connectivity index (χ0) is 13.8. The average Bonchev–Trinajstić information content (AvgIpc) is 2.43. The lowest BCUT2D eigenvalue weighted by Crippen LogP contribution is -2.20. The third-order valence-corrected chi connectivity index (χ3v) is 3.17. The van der Waals surface area contributed by atoms with Crippen LogP contribution >= 0.6 is 0 Å². The van der Waals surface area contributed by atoms with E-state index in [1.54, 1.807) is 31.4 Å². The first kappa shape index (κ1) is 13.5. The summed E-state index contributed by atoms with van der Waals surface area (Å²) in [4.78, 5) is 4.25. The number of rotatable bonds is 4. The Labute approximate surface area is 112 Å². The summed E-state index contributed by atoms with van der Waals surface area (Å²) >= 11 is 0. The van der Waals surface area contributed by atoms with Crippen molar-refractivity contribution >= 4 is 0 Å². The molecule has 1 atom stereocenters. The fourth-order valence-corrected chi connectivity index (χ4v) is 2.19. The molecule has 0 radical (unpaired) electrons. The lowest BCUT2D eigenvalue weighted by Gasteiger charge is -2.20. The van der Waals surface area contributed by atoms with Gasteiger partial charge in [-0.3, -0.25) is 4.98 Å². The van der Waals surface area contributed by atoms with Crippen molar-refractivity contribution in [3.05, 3.63) is 59.2 Å². The molecule has 0 spiro atoms. The summed E-state index contributed by atoms with van der Waals surface area (Å²) < 4.78 is 19.4. The highest BCUT2D eigenvalue weighted by Gasteiger charge is 2.20. The third-order valence-electron chi connectivity index (χ3n) is 3.17. The SMILES string of the molecule is CNC(c1cccnc1C)c1cccc(OC)c1F. The molecule has 0 saturated heterocycles. The van der Waals surface area contributed by atoms with Crippen molar-refractivity contribution in [3.8, 4) is 5.75 Å². The molecule has 1 unspecified atom stereocenters. The van der Waals surface area contributed by atoms with Gasteiger partial charge in [-0.2, -0.15) is 0 Å². The van der Waals surface area contributed by atoms with Crippen LogP contribution in [0.1, 0.15) is 22.9 Å². The molecule has 100 valence electrons. The molecular weight excluding hydrogens is 243 g/mol. The number of pyridine rings is 1. The van der Waals surface area contributed by atoms with Gasteiger partial charge in [0.25, 0.3) is 0 Å². The highest BCUT2D eigenvalue weighted by Crippen LogP contribution is 2.29. The molecule has 1 N–H and O–H groups in total. The molecule has 0 aliphatic heterocycles. The predicted molar refractivity (Wildman–Crippen MR) is 72.8 cm³/mol. The van der Waals surface area contributed by atoms with E-state index in [0.717, 1.165) is 11.3 Å². The smallest absolute Gasteiger partial charge is 0.170 e. The number of hydrogen-bond acceptors (Lipinski definition) is 3. The molecule has 2 aromatic rings. The number of aryl methyl sites for hydroxylation is 1. The van der Waals surface area contributed by atoms with Crippen molar-refractivity contribution in [1.82, 2.24) is 10.3 Å². The van der Waals surface area contributed by atoms with Crippen molar-refractivity contribution in [1.29, 1.82) is 0 Å². The van der Waals surface area contributed by atoms with Gasteiger partial charge in [-0.1, -0.05) is 18.2 Å². The molecule has 0 bridgehead atoms. The normalized spacial score (nSPS) is 12.2. The van der Waals surface area contributed by atoms with Crippen LogP contribution in [-0.4, -0.2) is 19.1 Å². The van der Waals surface area contributed by atoms with Gasteiger partial charge >= 0.3 is 0 Å². The molecule has 19 heavy (non-hydrogen) atoms. The highest BCUT2D eigenvalue weighted by atomic mass is 19.1. The van der Waals surface area contributed by atoms with Crippen LogP contribution in [0.3, 0.4) is 0 Å². The summed E-state index contributed by atoms with van der Waals surface area (Å²) in [5.41, 5.74) is 2.39. The van der Waals surface area contributed by atoms with Crippen LogP contribution in [0.5, 0.6) is 5.75 Å².